The second kappa shape index (κ2) is 3.58. The third-order valence-corrected chi connectivity index (χ3v) is 1.95. The molecule has 72 valence electrons. The molecule has 0 nitrogen and oxygen atoms in total. The van der Waals surface area contributed by atoms with Gasteiger partial charge in [-0.05, 0) is 24.6 Å². The van der Waals surface area contributed by atoms with Gasteiger partial charge in [-0.1, -0.05) is 12.1 Å². The van der Waals surface area contributed by atoms with Crippen molar-refractivity contribution in [2.24, 2.45) is 0 Å². The maximum absolute atomic E-state index is 12.1. The summed E-state index contributed by atoms with van der Waals surface area (Å²) in [5, 5.41) is -0.262. The summed E-state index contributed by atoms with van der Waals surface area (Å²) < 4.78 is 36.3. The second-order valence-electron chi connectivity index (χ2n) is 2.74. The minimum Gasteiger partial charge on any atom is -0.166 e. The summed E-state index contributed by atoms with van der Waals surface area (Å²) in [5.74, 6) is 0. The zero-order valence-electron chi connectivity index (χ0n) is 6.90. The van der Waals surface area contributed by atoms with Crippen LogP contribution in [-0.2, 0) is 6.18 Å². The van der Waals surface area contributed by atoms with E-state index in [1.807, 2.05) is 0 Å². The summed E-state index contributed by atoms with van der Waals surface area (Å²) in [4.78, 5) is 0. The molecule has 0 spiro atoms. The Balaban J connectivity index is 2.94. The van der Waals surface area contributed by atoms with Crippen LogP contribution >= 0.6 is 11.6 Å². The molecule has 0 heterocycles. The Morgan fingerprint density at radius 3 is 1.92 bits per heavy atom. The number of hydrogen-bond donors (Lipinski definition) is 0. The molecule has 0 N–H and O–H groups in total. The summed E-state index contributed by atoms with van der Waals surface area (Å²) in [6.07, 6.45) is -4.27. The van der Waals surface area contributed by atoms with Crippen molar-refractivity contribution in [3.63, 3.8) is 0 Å². The molecule has 0 saturated carbocycles. The molecular weight excluding hydrogens is 201 g/mol. The van der Waals surface area contributed by atoms with Gasteiger partial charge in [0.25, 0.3) is 0 Å². The van der Waals surface area contributed by atoms with Crippen molar-refractivity contribution in [1.82, 2.24) is 0 Å². The highest BCUT2D eigenvalue weighted by Crippen LogP contribution is 2.30. The van der Waals surface area contributed by atoms with E-state index in [9.17, 15) is 13.2 Å². The van der Waals surface area contributed by atoms with Crippen LogP contribution in [0.25, 0.3) is 0 Å². The van der Waals surface area contributed by atoms with Gasteiger partial charge in [0.15, 0.2) is 0 Å². The fraction of sp³-hybridized carbons (Fsp3) is 0.333. The van der Waals surface area contributed by atoms with E-state index in [1.54, 1.807) is 6.92 Å². The molecule has 0 bridgehead atoms. The van der Waals surface area contributed by atoms with Crippen molar-refractivity contribution < 1.29 is 13.2 Å². The monoisotopic (exact) mass is 208 g/mol. The Morgan fingerprint density at radius 1 is 1.15 bits per heavy atom. The lowest BCUT2D eigenvalue weighted by atomic mass is 10.1. The van der Waals surface area contributed by atoms with E-state index in [-0.39, 0.29) is 5.38 Å². The Labute approximate surface area is 79.3 Å². The molecule has 0 amide bonds. The summed E-state index contributed by atoms with van der Waals surface area (Å²) in [7, 11) is 0. The zero-order chi connectivity index (χ0) is 10.1. The van der Waals surface area contributed by atoms with Gasteiger partial charge in [0.2, 0.25) is 0 Å². The first kappa shape index (κ1) is 10.4. The van der Waals surface area contributed by atoms with Crippen molar-refractivity contribution >= 4 is 11.6 Å². The predicted octanol–water partition coefficient (Wildman–Crippen LogP) is 4.01. The molecule has 1 aromatic rings. The molecule has 0 aliphatic carbocycles. The molecule has 0 aromatic heterocycles. The van der Waals surface area contributed by atoms with Gasteiger partial charge in [-0.25, -0.2) is 0 Å². The fourth-order valence-electron chi connectivity index (χ4n) is 0.937. The molecular formula is C9H8ClF3. The van der Waals surface area contributed by atoms with Gasteiger partial charge in [0.1, 0.15) is 0 Å². The molecule has 1 unspecified atom stereocenters. The molecule has 0 aliphatic rings. The topological polar surface area (TPSA) is 0 Å². The summed E-state index contributed by atoms with van der Waals surface area (Å²) in [6, 6.07) is 4.85. The SMILES string of the molecule is CC(Cl)c1ccc(C(F)(F)F)cc1. The molecule has 0 fully saturated rings. The second-order valence-corrected chi connectivity index (χ2v) is 3.39. The van der Waals surface area contributed by atoms with E-state index in [0.29, 0.717) is 5.56 Å². The third kappa shape index (κ3) is 2.62. The largest absolute Gasteiger partial charge is 0.416 e. The smallest absolute Gasteiger partial charge is 0.166 e. The van der Waals surface area contributed by atoms with Crippen LogP contribution in [0.15, 0.2) is 24.3 Å². The average molecular weight is 209 g/mol. The van der Waals surface area contributed by atoms with Crippen LogP contribution in [0.4, 0.5) is 13.2 Å². The lowest BCUT2D eigenvalue weighted by molar-refractivity contribution is -0.137. The Hall–Kier alpha value is -0.700. The van der Waals surface area contributed by atoms with Crippen LogP contribution in [0.1, 0.15) is 23.4 Å². The Bertz CT molecular complexity index is 274. The number of hydrogen-bond acceptors (Lipinski definition) is 0. The standard InChI is InChI=1S/C9H8ClF3/c1-6(10)7-2-4-8(5-3-7)9(11,12)13/h2-6H,1H3. The molecule has 13 heavy (non-hydrogen) atoms. The number of rotatable bonds is 1. The average Bonchev–Trinajstić information content (AvgIpc) is 2.03. The Kier molecular flexibility index (Phi) is 2.86. The highest BCUT2D eigenvalue weighted by atomic mass is 35.5. The van der Waals surface area contributed by atoms with Gasteiger partial charge in [-0.15, -0.1) is 11.6 Å². The summed E-state index contributed by atoms with van der Waals surface area (Å²) in [6.45, 7) is 1.71. The number of benzene rings is 1. The van der Waals surface area contributed by atoms with Gasteiger partial charge < -0.3 is 0 Å². The maximum Gasteiger partial charge on any atom is 0.416 e. The van der Waals surface area contributed by atoms with Gasteiger partial charge in [0.05, 0.1) is 10.9 Å². The fourth-order valence-corrected chi connectivity index (χ4v) is 1.08. The molecule has 1 aromatic carbocycles. The van der Waals surface area contributed by atoms with Crippen LogP contribution < -0.4 is 0 Å². The van der Waals surface area contributed by atoms with Gasteiger partial charge in [0, 0.05) is 0 Å². The lowest BCUT2D eigenvalue weighted by Crippen LogP contribution is -2.04. The molecule has 1 atom stereocenters. The van der Waals surface area contributed by atoms with Crippen LogP contribution in [0.5, 0.6) is 0 Å². The molecule has 0 saturated heterocycles. The number of halogens is 4. The van der Waals surface area contributed by atoms with E-state index in [1.165, 1.54) is 12.1 Å². The van der Waals surface area contributed by atoms with Crippen molar-refractivity contribution in [2.45, 2.75) is 18.5 Å². The summed E-state index contributed by atoms with van der Waals surface area (Å²) in [5.41, 5.74) is 0.0447. The maximum atomic E-state index is 12.1. The van der Waals surface area contributed by atoms with E-state index >= 15 is 0 Å². The predicted molar refractivity (Wildman–Crippen MR) is 45.7 cm³/mol. The normalized spacial score (nSPS) is 14.2. The summed E-state index contributed by atoms with van der Waals surface area (Å²) >= 11 is 5.69. The van der Waals surface area contributed by atoms with Crippen LogP contribution in [0.3, 0.4) is 0 Å². The van der Waals surface area contributed by atoms with Crippen molar-refractivity contribution in [1.29, 1.82) is 0 Å². The molecule has 0 radical (unpaired) electrons. The lowest BCUT2D eigenvalue weighted by Gasteiger charge is -2.08. The van der Waals surface area contributed by atoms with E-state index < -0.39 is 11.7 Å². The number of alkyl halides is 4. The van der Waals surface area contributed by atoms with Crippen molar-refractivity contribution in [3.05, 3.63) is 35.4 Å². The van der Waals surface area contributed by atoms with Crippen molar-refractivity contribution in [2.75, 3.05) is 0 Å². The van der Waals surface area contributed by atoms with E-state index in [4.69, 9.17) is 11.6 Å². The quantitative estimate of drug-likeness (QED) is 0.612. The molecule has 4 heteroatoms. The first-order valence-electron chi connectivity index (χ1n) is 3.72. The molecule has 0 aliphatic heterocycles. The first-order chi connectivity index (χ1) is 5.91. The van der Waals surface area contributed by atoms with Gasteiger partial charge in [-0.2, -0.15) is 13.2 Å². The van der Waals surface area contributed by atoms with Crippen molar-refractivity contribution in [3.8, 4) is 0 Å². The van der Waals surface area contributed by atoms with Crippen LogP contribution in [0, 0.1) is 0 Å². The first-order valence-corrected chi connectivity index (χ1v) is 4.16. The van der Waals surface area contributed by atoms with E-state index in [0.717, 1.165) is 12.1 Å². The highest BCUT2D eigenvalue weighted by molar-refractivity contribution is 6.20. The molecule has 1 rings (SSSR count). The van der Waals surface area contributed by atoms with Crippen LogP contribution in [-0.4, -0.2) is 0 Å². The van der Waals surface area contributed by atoms with E-state index in [2.05, 4.69) is 0 Å². The van der Waals surface area contributed by atoms with Crippen LogP contribution in [0.2, 0.25) is 0 Å². The Morgan fingerprint density at radius 2 is 1.62 bits per heavy atom. The minimum atomic E-state index is -4.27. The minimum absolute atomic E-state index is 0.262. The van der Waals surface area contributed by atoms with Gasteiger partial charge >= 0.3 is 6.18 Å². The zero-order valence-corrected chi connectivity index (χ0v) is 7.65. The highest BCUT2D eigenvalue weighted by Gasteiger charge is 2.29. The third-order valence-electron chi connectivity index (χ3n) is 1.70. The van der Waals surface area contributed by atoms with Gasteiger partial charge in [-0.3, -0.25) is 0 Å².